The number of amides is 1. The molecule has 0 bridgehead atoms. The van der Waals surface area contributed by atoms with Gasteiger partial charge < -0.3 is 10.1 Å². The fourth-order valence-corrected chi connectivity index (χ4v) is 5.01. The number of nitrogens with zero attached hydrogens (tertiary/aromatic N) is 1. The highest BCUT2D eigenvalue weighted by atomic mass is 32.2. The summed E-state index contributed by atoms with van der Waals surface area (Å²) in [6.45, 7) is 2.47. The molecule has 1 saturated carbocycles. The van der Waals surface area contributed by atoms with E-state index in [2.05, 4.69) is 5.32 Å². The highest BCUT2D eigenvalue weighted by Gasteiger charge is 2.28. The van der Waals surface area contributed by atoms with Gasteiger partial charge in [-0.05, 0) is 68.3 Å². The number of hydrogen-bond acceptors (Lipinski definition) is 4. The number of anilines is 1. The van der Waals surface area contributed by atoms with Crippen LogP contribution in [0.1, 0.15) is 49.4 Å². The highest BCUT2D eigenvalue weighted by molar-refractivity contribution is 7.89. The Kier molecular flexibility index (Phi) is 6.92. The second kappa shape index (κ2) is 9.41. The molecule has 2 aromatic carbocycles. The van der Waals surface area contributed by atoms with Gasteiger partial charge in [0.1, 0.15) is 5.75 Å². The van der Waals surface area contributed by atoms with E-state index in [-0.39, 0.29) is 16.8 Å². The molecular formula is C22H28N2O4S. The summed E-state index contributed by atoms with van der Waals surface area (Å²) in [7, 11) is -1.88. The van der Waals surface area contributed by atoms with Gasteiger partial charge in [0.05, 0.1) is 11.5 Å². The van der Waals surface area contributed by atoms with Crippen molar-refractivity contribution in [2.75, 3.05) is 19.0 Å². The van der Waals surface area contributed by atoms with E-state index in [1.165, 1.54) is 10.7 Å². The smallest absolute Gasteiger partial charge is 0.255 e. The van der Waals surface area contributed by atoms with E-state index in [9.17, 15) is 13.2 Å². The maximum absolute atomic E-state index is 12.9. The van der Waals surface area contributed by atoms with Crippen molar-refractivity contribution in [3.05, 3.63) is 54.1 Å². The molecule has 2 aromatic rings. The van der Waals surface area contributed by atoms with Crippen LogP contribution in [0.15, 0.2) is 53.4 Å². The Bertz CT molecular complexity index is 918. The number of benzene rings is 2. The van der Waals surface area contributed by atoms with E-state index in [0.717, 1.165) is 25.7 Å². The molecule has 6 nitrogen and oxygen atoms in total. The largest absolute Gasteiger partial charge is 0.494 e. The fourth-order valence-electron chi connectivity index (χ4n) is 3.59. The predicted molar refractivity (Wildman–Crippen MR) is 114 cm³/mol. The summed E-state index contributed by atoms with van der Waals surface area (Å²) in [4.78, 5) is 12.6. The van der Waals surface area contributed by atoms with Gasteiger partial charge in [-0.15, -0.1) is 0 Å². The van der Waals surface area contributed by atoms with Crippen molar-refractivity contribution in [1.29, 1.82) is 0 Å². The van der Waals surface area contributed by atoms with Crippen molar-refractivity contribution in [3.63, 3.8) is 0 Å². The topological polar surface area (TPSA) is 75.7 Å². The Morgan fingerprint density at radius 2 is 1.66 bits per heavy atom. The molecule has 1 aliphatic rings. The van der Waals surface area contributed by atoms with Crippen molar-refractivity contribution in [1.82, 2.24) is 4.31 Å². The lowest BCUT2D eigenvalue weighted by Crippen LogP contribution is -2.38. The zero-order valence-electron chi connectivity index (χ0n) is 16.9. The van der Waals surface area contributed by atoms with Gasteiger partial charge in [-0.25, -0.2) is 8.42 Å². The SMILES string of the molecule is CCOc1ccc(C(=O)Nc2ccc(S(=O)(=O)N(C)C3CCCCC3)cc2)cc1. The average molecular weight is 417 g/mol. The number of nitrogens with one attached hydrogen (secondary N) is 1. The highest BCUT2D eigenvalue weighted by Crippen LogP contribution is 2.27. The third-order valence-corrected chi connectivity index (χ3v) is 7.23. The molecule has 1 N–H and O–H groups in total. The number of carbonyl (C=O) groups is 1. The van der Waals surface area contributed by atoms with E-state index in [1.807, 2.05) is 6.92 Å². The number of carbonyl (C=O) groups excluding carboxylic acids is 1. The molecular weight excluding hydrogens is 388 g/mol. The van der Waals surface area contributed by atoms with E-state index < -0.39 is 10.0 Å². The lowest BCUT2D eigenvalue weighted by molar-refractivity contribution is 0.102. The molecule has 0 spiro atoms. The van der Waals surface area contributed by atoms with Gasteiger partial charge in [0, 0.05) is 24.3 Å². The third-order valence-electron chi connectivity index (χ3n) is 5.31. The van der Waals surface area contributed by atoms with Crippen LogP contribution in [0.3, 0.4) is 0 Å². The van der Waals surface area contributed by atoms with Crippen molar-refractivity contribution >= 4 is 21.6 Å². The molecule has 0 saturated heterocycles. The molecule has 0 aliphatic heterocycles. The maximum Gasteiger partial charge on any atom is 0.255 e. The first-order valence-corrected chi connectivity index (χ1v) is 11.5. The molecule has 1 aliphatic carbocycles. The summed E-state index contributed by atoms with van der Waals surface area (Å²) in [5, 5.41) is 2.79. The molecule has 0 atom stereocenters. The molecule has 0 unspecified atom stereocenters. The van der Waals surface area contributed by atoms with Crippen LogP contribution in [-0.2, 0) is 10.0 Å². The minimum absolute atomic E-state index is 0.0628. The predicted octanol–water partition coefficient (Wildman–Crippen LogP) is 4.29. The van der Waals surface area contributed by atoms with Gasteiger partial charge in [-0.3, -0.25) is 4.79 Å². The molecule has 1 fully saturated rings. The first-order valence-electron chi connectivity index (χ1n) is 10.0. The maximum atomic E-state index is 12.9. The van der Waals surface area contributed by atoms with Crippen molar-refractivity contribution in [3.8, 4) is 5.75 Å². The zero-order valence-corrected chi connectivity index (χ0v) is 17.7. The first-order chi connectivity index (χ1) is 13.9. The van der Waals surface area contributed by atoms with Crippen LogP contribution in [-0.4, -0.2) is 38.3 Å². The number of rotatable bonds is 7. The second-order valence-electron chi connectivity index (χ2n) is 7.25. The van der Waals surface area contributed by atoms with Crippen LogP contribution in [0, 0.1) is 0 Å². The van der Waals surface area contributed by atoms with Gasteiger partial charge in [0.25, 0.3) is 5.91 Å². The molecule has 156 valence electrons. The summed E-state index contributed by atoms with van der Waals surface area (Å²) in [6.07, 6.45) is 5.13. The lowest BCUT2D eigenvalue weighted by atomic mass is 9.96. The van der Waals surface area contributed by atoms with Crippen LogP contribution in [0.4, 0.5) is 5.69 Å². The molecule has 3 rings (SSSR count). The van der Waals surface area contributed by atoms with E-state index in [1.54, 1.807) is 55.6 Å². The Hall–Kier alpha value is -2.38. The van der Waals surface area contributed by atoms with E-state index in [0.29, 0.717) is 23.6 Å². The Morgan fingerprint density at radius 3 is 2.24 bits per heavy atom. The van der Waals surface area contributed by atoms with Gasteiger partial charge in [-0.1, -0.05) is 19.3 Å². The summed E-state index contributed by atoms with van der Waals surface area (Å²) in [5.74, 6) is 0.448. The molecule has 7 heteroatoms. The van der Waals surface area contributed by atoms with E-state index in [4.69, 9.17) is 4.74 Å². The molecule has 0 heterocycles. The van der Waals surface area contributed by atoms with Crippen LogP contribution in [0.5, 0.6) is 5.75 Å². The van der Waals surface area contributed by atoms with Crippen molar-refractivity contribution in [2.24, 2.45) is 0 Å². The van der Waals surface area contributed by atoms with E-state index >= 15 is 0 Å². The Morgan fingerprint density at radius 1 is 1.03 bits per heavy atom. The minimum atomic E-state index is -3.54. The zero-order chi connectivity index (χ0) is 20.9. The standard InChI is InChI=1S/C22H28N2O4S/c1-3-28-20-13-9-17(10-14-20)22(25)23-18-11-15-21(16-12-18)29(26,27)24(2)19-7-5-4-6-8-19/h9-16,19H,3-8H2,1-2H3,(H,23,25). The van der Waals surface area contributed by atoms with Crippen LogP contribution >= 0.6 is 0 Å². The summed E-state index contributed by atoms with van der Waals surface area (Å²) >= 11 is 0. The summed E-state index contributed by atoms with van der Waals surface area (Å²) < 4.78 is 32.7. The molecule has 1 amide bonds. The van der Waals surface area contributed by atoms with Gasteiger partial charge >= 0.3 is 0 Å². The Labute approximate surface area is 172 Å². The summed E-state index contributed by atoms with van der Waals surface area (Å²) in [5.41, 5.74) is 1.05. The number of hydrogen-bond donors (Lipinski definition) is 1. The number of sulfonamides is 1. The summed E-state index contributed by atoms with van der Waals surface area (Å²) in [6, 6.07) is 13.3. The quantitative estimate of drug-likeness (QED) is 0.730. The van der Waals surface area contributed by atoms with Crippen LogP contribution < -0.4 is 10.1 Å². The number of ether oxygens (including phenoxy) is 1. The molecule has 0 radical (unpaired) electrons. The van der Waals surface area contributed by atoms with Crippen molar-refractivity contribution in [2.45, 2.75) is 50.0 Å². The minimum Gasteiger partial charge on any atom is -0.494 e. The first kappa shape index (κ1) is 21.3. The monoisotopic (exact) mass is 416 g/mol. The second-order valence-corrected chi connectivity index (χ2v) is 9.25. The molecule has 29 heavy (non-hydrogen) atoms. The Balaban J connectivity index is 1.66. The normalized spacial score (nSPS) is 15.3. The molecule has 0 aromatic heterocycles. The fraction of sp³-hybridized carbons (Fsp3) is 0.409. The van der Waals surface area contributed by atoms with Crippen molar-refractivity contribution < 1.29 is 17.9 Å². The third kappa shape index (κ3) is 5.16. The van der Waals surface area contributed by atoms with Crippen LogP contribution in [0.2, 0.25) is 0 Å². The van der Waals surface area contributed by atoms with Gasteiger partial charge in [0.15, 0.2) is 0 Å². The van der Waals surface area contributed by atoms with Crippen LogP contribution in [0.25, 0.3) is 0 Å². The van der Waals surface area contributed by atoms with Gasteiger partial charge in [0.2, 0.25) is 10.0 Å². The van der Waals surface area contributed by atoms with Gasteiger partial charge in [-0.2, -0.15) is 4.31 Å². The lowest BCUT2D eigenvalue weighted by Gasteiger charge is -2.30. The average Bonchev–Trinajstić information content (AvgIpc) is 2.75.